The van der Waals surface area contributed by atoms with Crippen LogP contribution in [0.2, 0.25) is 0 Å². The Bertz CT molecular complexity index is 516. The lowest BCUT2D eigenvalue weighted by molar-refractivity contribution is 0.0547. The fourth-order valence-electron chi connectivity index (χ4n) is 2.34. The van der Waals surface area contributed by atoms with E-state index in [2.05, 4.69) is 32.1 Å². The molecule has 0 aliphatic carbocycles. The van der Waals surface area contributed by atoms with Gasteiger partial charge in [-0.3, -0.25) is 0 Å². The smallest absolute Gasteiger partial charge is 0.323 e. The van der Waals surface area contributed by atoms with Crippen LogP contribution in [0.1, 0.15) is 19.8 Å². The third-order valence-electron chi connectivity index (χ3n) is 3.79. The van der Waals surface area contributed by atoms with Gasteiger partial charge in [-0.05, 0) is 6.42 Å². The van der Waals surface area contributed by atoms with Gasteiger partial charge in [0, 0.05) is 26.2 Å². The quantitative estimate of drug-likeness (QED) is 0.433. The molecular weight excluding hydrogens is 352 g/mol. The van der Waals surface area contributed by atoms with Crippen molar-refractivity contribution in [1.82, 2.24) is 15.0 Å². The molecule has 2 rings (SSSR count). The van der Waals surface area contributed by atoms with Gasteiger partial charge in [-0.25, -0.2) is 0 Å². The summed E-state index contributed by atoms with van der Waals surface area (Å²) in [5.41, 5.74) is 5.36. The lowest BCUT2D eigenvalue weighted by Crippen LogP contribution is -2.37. The van der Waals surface area contributed by atoms with E-state index in [4.69, 9.17) is 24.7 Å². The maximum absolute atomic E-state index is 5.68. The van der Waals surface area contributed by atoms with Gasteiger partial charge in [0.1, 0.15) is 0 Å². The number of ether oxygens (including phenoxy) is 4. The molecular formula is C17H32N6O4. The van der Waals surface area contributed by atoms with Crippen molar-refractivity contribution < 1.29 is 18.9 Å². The molecule has 1 aliphatic heterocycles. The maximum atomic E-state index is 5.68. The van der Waals surface area contributed by atoms with Crippen LogP contribution in [0.25, 0.3) is 0 Å². The normalized spacial score (nSPS) is 14.4. The molecule has 10 nitrogen and oxygen atoms in total. The van der Waals surface area contributed by atoms with Crippen LogP contribution < -0.4 is 20.7 Å². The minimum absolute atomic E-state index is 0.346. The molecule has 0 bridgehead atoms. The summed E-state index contributed by atoms with van der Waals surface area (Å²) in [4.78, 5) is 15.4. The van der Waals surface area contributed by atoms with E-state index in [1.165, 1.54) is 0 Å². The molecule has 154 valence electrons. The Kier molecular flexibility index (Phi) is 10.7. The number of nitrogens with zero attached hydrogens (tertiary/aromatic N) is 4. The van der Waals surface area contributed by atoms with Crippen molar-refractivity contribution >= 4 is 11.9 Å². The van der Waals surface area contributed by atoms with Crippen LogP contribution >= 0.6 is 0 Å². The predicted octanol–water partition coefficient (Wildman–Crippen LogP) is 0.291. The lowest BCUT2D eigenvalue weighted by Gasteiger charge is -2.27. The molecule has 0 atom stereocenters. The third kappa shape index (κ3) is 8.65. The molecule has 0 saturated carbocycles. The van der Waals surface area contributed by atoms with E-state index in [1.807, 2.05) is 0 Å². The molecule has 2 heterocycles. The Balaban J connectivity index is 1.84. The summed E-state index contributed by atoms with van der Waals surface area (Å²) in [7, 11) is 0. The Morgan fingerprint density at radius 3 is 2.56 bits per heavy atom. The van der Waals surface area contributed by atoms with E-state index < -0.39 is 0 Å². The summed E-state index contributed by atoms with van der Waals surface area (Å²) in [5.74, 6) is 1.10. The SMILES string of the molecule is CCCCOc1nc(NCCOCCOCCN)nc(N2CCOCC2)n1. The van der Waals surface area contributed by atoms with E-state index in [0.717, 1.165) is 25.9 Å². The highest BCUT2D eigenvalue weighted by atomic mass is 16.5. The molecule has 0 amide bonds. The molecule has 0 unspecified atom stereocenters. The van der Waals surface area contributed by atoms with E-state index in [1.54, 1.807) is 0 Å². The Hall–Kier alpha value is -1.75. The summed E-state index contributed by atoms with van der Waals surface area (Å²) in [5, 5.41) is 3.17. The number of anilines is 2. The molecule has 0 radical (unpaired) electrons. The average molecular weight is 384 g/mol. The van der Waals surface area contributed by atoms with Gasteiger partial charge in [-0.15, -0.1) is 0 Å². The summed E-state index contributed by atoms with van der Waals surface area (Å²) >= 11 is 0. The predicted molar refractivity (Wildman–Crippen MR) is 102 cm³/mol. The lowest BCUT2D eigenvalue weighted by atomic mass is 10.4. The van der Waals surface area contributed by atoms with Gasteiger partial charge in [-0.1, -0.05) is 13.3 Å². The number of nitrogens with one attached hydrogen (secondary N) is 1. The van der Waals surface area contributed by atoms with E-state index in [0.29, 0.717) is 77.2 Å². The molecule has 1 aliphatic rings. The second-order valence-corrected chi connectivity index (χ2v) is 5.98. The van der Waals surface area contributed by atoms with Crippen molar-refractivity contribution in [2.45, 2.75) is 19.8 Å². The first-order valence-corrected chi connectivity index (χ1v) is 9.64. The van der Waals surface area contributed by atoms with Crippen LogP contribution in [0.5, 0.6) is 6.01 Å². The first kappa shape index (κ1) is 21.5. The number of rotatable bonds is 14. The summed E-state index contributed by atoms with van der Waals surface area (Å²) in [6.45, 7) is 8.80. The monoisotopic (exact) mass is 384 g/mol. The van der Waals surface area contributed by atoms with E-state index >= 15 is 0 Å². The van der Waals surface area contributed by atoms with Crippen molar-refractivity contribution in [3.05, 3.63) is 0 Å². The van der Waals surface area contributed by atoms with Crippen molar-refractivity contribution in [1.29, 1.82) is 0 Å². The molecule has 1 saturated heterocycles. The number of hydrogen-bond donors (Lipinski definition) is 2. The minimum atomic E-state index is 0.346. The highest BCUT2D eigenvalue weighted by Crippen LogP contribution is 2.16. The van der Waals surface area contributed by atoms with Crippen molar-refractivity contribution in [3.63, 3.8) is 0 Å². The second-order valence-electron chi connectivity index (χ2n) is 5.98. The Morgan fingerprint density at radius 1 is 1.04 bits per heavy atom. The fraction of sp³-hybridized carbons (Fsp3) is 0.824. The second kappa shape index (κ2) is 13.4. The van der Waals surface area contributed by atoms with Gasteiger partial charge >= 0.3 is 6.01 Å². The highest BCUT2D eigenvalue weighted by molar-refractivity contribution is 5.38. The first-order chi connectivity index (χ1) is 13.3. The molecule has 3 N–H and O–H groups in total. The van der Waals surface area contributed by atoms with Crippen molar-refractivity contribution in [2.24, 2.45) is 5.73 Å². The standard InChI is InChI=1S/C17H32N6O4/c1-2-3-8-27-17-21-15(19-5-10-25-14-13-24-9-4-18)20-16(22-17)23-6-11-26-12-7-23/h2-14,18H2,1H3,(H,19,20,21,22). The first-order valence-electron chi connectivity index (χ1n) is 9.64. The van der Waals surface area contributed by atoms with Gasteiger partial charge in [0.25, 0.3) is 0 Å². The number of unbranched alkanes of at least 4 members (excludes halogenated alkanes) is 1. The minimum Gasteiger partial charge on any atom is -0.463 e. The fourth-order valence-corrected chi connectivity index (χ4v) is 2.34. The van der Waals surface area contributed by atoms with Crippen molar-refractivity contribution in [2.75, 3.05) is 82.6 Å². The van der Waals surface area contributed by atoms with Crippen LogP contribution in [0.3, 0.4) is 0 Å². The van der Waals surface area contributed by atoms with Gasteiger partial charge < -0.3 is 34.9 Å². The van der Waals surface area contributed by atoms with Crippen LogP contribution in [0.4, 0.5) is 11.9 Å². The van der Waals surface area contributed by atoms with Crippen LogP contribution in [-0.2, 0) is 14.2 Å². The zero-order chi connectivity index (χ0) is 19.2. The van der Waals surface area contributed by atoms with Crippen LogP contribution in [0, 0.1) is 0 Å². The zero-order valence-corrected chi connectivity index (χ0v) is 16.2. The van der Waals surface area contributed by atoms with Gasteiger partial charge in [0.15, 0.2) is 0 Å². The number of aromatic nitrogens is 3. The average Bonchev–Trinajstić information content (AvgIpc) is 2.71. The summed E-state index contributed by atoms with van der Waals surface area (Å²) in [6, 6.07) is 0.346. The molecule has 0 aromatic carbocycles. The summed E-state index contributed by atoms with van der Waals surface area (Å²) in [6.07, 6.45) is 2.01. The molecule has 1 aromatic heterocycles. The number of hydrogen-bond acceptors (Lipinski definition) is 10. The van der Waals surface area contributed by atoms with Crippen molar-refractivity contribution in [3.8, 4) is 6.01 Å². The number of morpholine rings is 1. The van der Waals surface area contributed by atoms with Crippen LogP contribution in [-0.4, -0.2) is 87.4 Å². The third-order valence-corrected chi connectivity index (χ3v) is 3.79. The van der Waals surface area contributed by atoms with Gasteiger partial charge in [-0.2, -0.15) is 15.0 Å². The maximum Gasteiger partial charge on any atom is 0.323 e. The molecule has 10 heteroatoms. The Labute approximate surface area is 160 Å². The molecule has 1 fully saturated rings. The molecule has 0 spiro atoms. The van der Waals surface area contributed by atoms with E-state index in [9.17, 15) is 0 Å². The molecule has 1 aromatic rings. The number of nitrogens with two attached hydrogens (primary N) is 1. The Morgan fingerprint density at radius 2 is 1.81 bits per heavy atom. The van der Waals surface area contributed by atoms with Crippen LogP contribution in [0.15, 0.2) is 0 Å². The highest BCUT2D eigenvalue weighted by Gasteiger charge is 2.17. The largest absolute Gasteiger partial charge is 0.463 e. The topological polar surface area (TPSA) is 117 Å². The van der Waals surface area contributed by atoms with Gasteiger partial charge in [0.2, 0.25) is 11.9 Å². The summed E-state index contributed by atoms with van der Waals surface area (Å²) < 4.78 is 21.8. The zero-order valence-electron chi connectivity index (χ0n) is 16.2. The molecule has 27 heavy (non-hydrogen) atoms. The van der Waals surface area contributed by atoms with E-state index in [-0.39, 0.29) is 0 Å². The van der Waals surface area contributed by atoms with Gasteiger partial charge in [0.05, 0.1) is 46.2 Å².